The Labute approximate surface area is 145 Å². The first-order chi connectivity index (χ1) is 11.0. The zero-order chi connectivity index (χ0) is 18.1. The molecule has 4 nitrogen and oxygen atoms in total. The van der Waals surface area contributed by atoms with Crippen LogP contribution in [0.2, 0.25) is 0 Å². The van der Waals surface area contributed by atoms with Crippen molar-refractivity contribution in [2.75, 3.05) is 13.1 Å². The summed E-state index contributed by atoms with van der Waals surface area (Å²) < 4.78 is 5.49. The molecule has 0 aromatic heterocycles. The number of benzene rings is 1. The van der Waals surface area contributed by atoms with Crippen molar-refractivity contribution in [3.8, 4) is 5.75 Å². The molecule has 1 unspecified atom stereocenters. The second-order valence-electron chi connectivity index (χ2n) is 8.79. The maximum Gasteiger partial charge on any atom is 0.410 e. The molecule has 1 fully saturated rings. The Bertz CT molecular complexity index is 596. The van der Waals surface area contributed by atoms with Crippen molar-refractivity contribution in [1.29, 1.82) is 0 Å². The van der Waals surface area contributed by atoms with Crippen LogP contribution in [0, 0.1) is 0 Å². The SMILES string of the molecule is CC(C)(C)OC(=O)N1CCCC(c2cc(C(C)(C)C)ccc2O)C1. The minimum absolute atomic E-state index is 0.0297. The summed E-state index contributed by atoms with van der Waals surface area (Å²) in [5, 5.41) is 10.3. The van der Waals surface area contributed by atoms with E-state index in [1.165, 1.54) is 5.56 Å². The zero-order valence-corrected chi connectivity index (χ0v) is 15.8. The molecule has 1 amide bonds. The molecule has 1 aromatic carbocycles. The van der Waals surface area contributed by atoms with Crippen LogP contribution < -0.4 is 0 Å². The van der Waals surface area contributed by atoms with Gasteiger partial charge in [-0.2, -0.15) is 0 Å². The number of phenols is 1. The highest BCUT2D eigenvalue weighted by molar-refractivity contribution is 5.68. The van der Waals surface area contributed by atoms with Crippen LogP contribution in [0.4, 0.5) is 4.79 Å². The van der Waals surface area contributed by atoms with E-state index in [0.29, 0.717) is 18.8 Å². The average molecular weight is 333 g/mol. The largest absolute Gasteiger partial charge is 0.508 e. The molecule has 1 aromatic rings. The van der Waals surface area contributed by atoms with Crippen molar-refractivity contribution in [3.63, 3.8) is 0 Å². The predicted molar refractivity (Wildman–Crippen MR) is 96.6 cm³/mol. The molecule has 0 spiro atoms. The van der Waals surface area contributed by atoms with Gasteiger partial charge in [0.15, 0.2) is 0 Å². The van der Waals surface area contributed by atoms with Crippen LogP contribution >= 0.6 is 0 Å². The summed E-state index contributed by atoms with van der Waals surface area (Å²) in [6, 6.07) is 5.86. The normalized spacial score (nSPS) is 19.2. The number of amides is 1. The lowest BCUT2D eigenvalue weighted by Gasteiger charge is -2.35. The van der Waals surface area contributed by atoms with Gasteiger partial charge in [-0.25, -0.2) is 4.79 Å². The number of rotatable bonds is 1. The third-order valence-electron chi connectivity index (χ3n) is 4.41. The number of aromatic hydroxyl groups is 1. The number of hydrogen-bond acceptors (Lipinski definition) is 3. The fourth-order valence-corrected chi connectivity index (χ4v) is 3.07. The number of nitrogens with zero attached hydrogens (tertiary/aromatic N) is 1. The summed E-state index contributed by atoms with van der Waals surface area (Å²) in [6.07, 6.45) is 1.63. The first kappa shape index (κ1) is 18.6. The molecule has 1 aliphatic heterocycles. The molecule has 1 saturated heterocycles. The molecule has 1 heterocycles. The first-order valence-corrected chi connectivity index (χ1v) is 8.79. The van der Waals surface area contributed by atoms with Crippen molar-refractivity contribution in [2.24, 2.45) is 0 Å². The Morgan fingerprint density at radius 2 is 1.88 bits per heavy atom. The van der Waals surface area contributed by atoms with Gasteiger partial charge in [0.05, 0.1) is 0 Å². The molecule has 0 saturated carbocycles. The van der Waals surface area contributed by atoms with E-state index in [0.717, 1.165) is 18.4 Å². The van der Waals surface area contributed by atoms with E-state index in [1.54, 1.807) is 11.0 Å². The van der Waals surface area contributed by atoms with E-state index < -0.39 is 5.60 Å². The topological polar surface area (TPSA) is 49.8 Å². The van der Waals surface area contributed by atoms with E-state index in [9.17, 15) is 9.90 Å². The number of carbonyl (C=O) groups excluding carboxylic acids is 1. The predicted octanol–water partition coefficient (Wildman–Crippen LogP) is 4.80. The number of hydrogen-bond donors (Lipinski definition) is 1. The number of phenolic OH excluding ortho intramolecular Hbond substituents is 1. The molecule has 1 aliphatic rings. The molecule has 0 radical (unpaired) electrons. The van der Waals surface area contributed by atoms with E-state index in [2.05, 4.69) is 26.8 Å². The van der Waals surface area contributed by atoms with E-state index >= 15 is 0 Å². The van der Waals surface area contributed by atoms with Gasteiger partial charge in [-0.1, -0.05) is 32.9 Å². The maximum atomic E-state index is 12.3. The summed E-state index contributed by atoms with van der Waals surface area (Å²) >= 11 is 0. The van der Waals surface area contributed by atoms with Crippen molar-refractivity contribution in [1.82, 2.24) is 4.90 Å². The zero-order valence-electron chi connectivity index (χ0n) is 15.8. The van der Waals surface area contributed by atoms with E-state index in [1.807, 2.05) is 26.8 Å². The molecule has 1 atom stereocenters. The Morgan fingerprint density at radius 3 is 2.46 bits per heavy atom. The molecule has 2 rings (SSSR count). The van der Waals surface area contributed by atoms with Gasteiger partial charge in [0.1, 0.15) is 11.4 Å². The minimum atomic E-state index is -0.488. The van der Waals surface area contributed by atoms with E-state index in [4.69, 9.17) is 4.74 Å². The maximum absolute atomic E-state index is 12.3. The summed E-state index contributed by atoms with van der Waals surface area (Å²) in [5.41, 5.74) is 1.68. The summed E-state index contributed by atoms with van der Waals surface area (Å²) in [5.74, 6) is 0.465. The molecule has 0 bridgehead atoms. The molecule has 0 aliphatic carbocycles. The van der Waals surface area contributed by atoms with Crippen LogP contribution in [0.15, 0.2) is 18.2 Å². The minimum Gasteiger partial charge on any atom is -0.508 e. The first-order valence-electron chi connectivity index (χ1n) is 8.79. The highest BCUT2D eigenvalue weighted by Gasteiger charge is 2.30. The van der Waals surface area contributed by atoms with Crippen molar-refractivity contribution in [2.45, 2.75) is 71.3 Å². The second kappa shape index (κ2) is 6.66. The lowest BCUT2D eigenvalue weighted by molar-refractivity contribution is 0.0197. The van der Waals surface area contributed by atoms with Crippen LogP contribution in [-0.4, -0.2) is 34.8 Å². The smallest absolute Gasteiger partial charge is 0.410 e. The van der Waals surface area contributed by atoms with Crippen LogP contribution in [0.5, 0.6) is 5.75 Å². The highest BCUT2D eigenvalue weighted by Crippen LogP contribution is 2.36. The summed E-state index contributed by atoms with van der Waals surface area (Å²) in [7, 11) is 0. The van der Waals surface area contributed by atoms with Crippen molar-refractivity contribution in [3.05, 3.63) is 29.3 Å². The van der Waals surface area contributed by atoms with Crippen LogP contribution in [0.1, 0.15) is 71.4 Å². The molecule has 24 heavy (non-hydrogen) atoms. The average Bonchev–Trinajstić information content (AvgIpc) is 2.45. The van der Waals surface area contributed by atoms with Gasteiger partial charge in [0.2, 0.25) is 0 Å². The highest BCUT2D eigenvalue weighted by atomic mass is 16.6. The fraction of sp³-hybridized carbons (Fsp3) is 0.650. The number of ether oxygens (including phenoxy) is 1. The fourth-order valence-electron chi connectivity index (χ4n) is 3.07. The molecule has 134 valence electrons. The number of likely N-dealkylation sites (tertiary alicyclic amines) is 1. The van der Waals surface area contributed by atoms with Gasteiger partial charge < -0.3 is 14.7 Å². The monoisotopic (exact) mass is 333 g/mol. The van der Waals surface area contributed by atoms with Crippen LogP contribution in [0.3, 0.4) is 0 Å². The molecule has 1 N–H and O–H groups in total. The standard InChI is InChI=1S/C20H31NO3/c1-19(2,3)15-9-10-17(22)16(12-15)14-8-7-11-21(13-14)18(23)24-20(4,5)6/h9-10,12,14,22H,7-8,11,13H2,1-6H3. The molecule has 4 heteroatoms. The Hall–Kier alpha value is -1.71. The van der Waals surface area contributed by atoms with Gasteiger partial charge >= 0.3 is 6.09 Å². The van der Waals surface area contributed by atoms with E-state index in [-0.39, 0.29) is 17.4 Å². The van der Waals surface area contributed by atoms with Gasteiger partial charge in [0.25, 0.3) is 0 Å². The third kappa shape index (κ3) is 4.65. The number of piperidine rings is 1. The Kier molecular flexibility index (Phi) is 5.17. The van der Waals surface area contributed by atoms with Gasteiger partial charge in [-0.3, -0.25) is 0 Å². The van der Waals surface area contributed by atoms with Gasteiger partial charge in [0, 0.05) is 19.0 Å². The van der Waals surface area contributed by atoms with Gasteiger partial charge in [-0.15, -0.1) is 0 Å². The van der Waals surface area contributed by atoms with Crippen molar-refractivity contribution >= 4 is 6.09 Å². The third-order valence-corrected chi connectivity index (χ3v) is 4.41. The second-order valence-corrected chi connectivity index (χ2v) is 8.79. The molecular formula is C20H31NO3. The van der Waals surface area contributed by atoms with Gasteiger partial charge in [-0.05, 0) is 56.2 Å². The summed E-state index contributed by atoms with van der Waals surface area (Å²) in [4.78, 5) is 14.1. The lowest BCUT2D eigenvalue weighted by Crippen LogP contribution is -2.42. The lowest BCUT2D eigenvalue weighted by atomic mass is 9.82. The number of carbonyl (C=O) groups is 1. The van der Waals surface area contributed by atoms with Crippen LogP contribution in [0.25, 0.3) is 0 Å². The Balaban J connectivity index is 2.19. The van der Waals surface area contributed by atoms with Crippen molar-refractivity contribution < 1.29 is 14.6 Å². The molecular weight excluding hydrogens is 302 g/mol. The Morgan fingerprint density at radius 1 is 1.21 bits per heavy atom. The quantitative estimate of drug-likeness (QED) is 0.803. The van der Waals surface area contributed by atoms with Crippen LogP contribution in [-0.2, 0) is 10.2 Å². The summed E-state index contributed by atoms with van der Waals surface area (Å²) in [6.45, 7) is 13.4.